The van der Waals surface area contributed by atoms with E-state index in [-0.39, 0.29) is 11.6 Å². The predicted octanol–water partition coefficient (Wildman–Crippen LogP) is 4.47. The van der Waals surface area contributed by atoms with E-state index in [0.29, 0.717) is 26.6 Å². The average Bonchev–Trinajstić information content (AvgIpc) is 3.35. The molecule has 9 heteroatoms. The van der Waals surface area contributed by atoms with Crippen molar-refractivity contribution in [3.63, 3.8) is 0 Å². The monoisotopic (exact) mass is 423 g/mol. The number of benzene rings is 2. The van der Waals surface area contributed by atoms with Gasteiger partial charge in [-0.2, -0.15) is 5.10 Å². The van der Waals surface area contributed by atoms with Crippen molar-refractivity contribution < 1.29 is 4.79 Å². The molecule has 29 heavy (non-hydrogen) atoms. The Hall–Kier alpha value is -3.36. The topological polar surface area (TPSA) is 95.6 Å². The summed E-state index contributed by atoms with van der Waals surface area (Å²) in [6, 6.07) is 14.5. The van der Waals surface area contributed by atoms with Crippen LogP contribution in [0.3, 0.4) is 0 Å². The van der Waals surface area contributed by atoms with Crippen LogP contribution in [0.4, 0.5) is 5.69 Å². The number of rotatable bonds is 3. The molecule has 7 nitrogen and oxygen atoms in total. The van der Waals surface area contributed by atoms with Gasteiger partial charge in [-0.05, 0) is 49.4 Å². The fourth-order valence-corrected chi connectivity index (χ4v) is 4.51. The van der Waals surface area contributed by atoms with Gasteiger partial charge in [0.1, 0.15) is 4.83 Å². The standard InChI is InChI=1S/C20H14ClN5O2S/c1-10-14-9-17(29-19(14)26(25-10)13-4-2-3-11(21)7-13)18(27)22-12-5-6-15-16(8-12)24-20(28)23-15/h2-9H,1H3,(H,22,27)(H2,23,24,28). The minimum absolute atomic E-state index is 0.222. The maximum absolute atomic E-state index is 12.8. The number of hydrogen-bond acceptors (Lipinski definition) is 4. The van der Waals surface area contributed by atoms with E-state index in [1.165, 1.54) is 11.3 Å². The smallest absolute Gasteiger partial charge is 0.321 e. The van der Waals surface area contributed by atoms with Gasteiger partial charge >= 0.3 is 5.69 Å². The van der Waals surface area contributed by atoms with E-state index in [2.05, 4.69) is 20.4 Å². The molecule has 2 aromatic carbocycles. The molecule has 0 spiro atoms. The van der Waals surface area contributed by atoms with Crippen molar-refractivity contribution in [2.45, 2.75) is 6.92 Å². The Bertz CT molecular complexity index is 1460. The summed E-state index contributed by atoms with van der Waals surface area (Å²) in [4.78, 5) is 31.0. The highest BCUT2D eigenvalue weighted by Crippen LogP contribution is 2.31. The van der Waals surface area contributed by atoms with Gasteiger partial charge in [-0.25, -0.2) is 9.48 Å². The number of thiophene rings is 1. The second kappa shape index (κ2) is 6.61. The van der Waals surface area contributed by atoms with Crippen molar-refractivity contribution in [2.75, 3.05) is 5.32 Å². The van der Waals surface area contributed by atoms with Crippen LogP contribution >= 0.6 is 22.9 Å². The van der Waals surface area contributed by atoms with Crippen molar-refractivity contribution in [3.8, 4) is 5.69 Å². The molecule has 0 saturated carbocycles. The summed E-state index contributed by atoms with van der Waals surface area (Å²) in [6.07, 6.45) is 0. The van der Waals surface area contributed by atoms with Crippen LogP contribution < -0.4 is 11.0 Å². The SMILES string of the molecule is Cc1nn(-c2cccc(Cl)c2)c2sc(C(=O)Nc3ccc4[nH]c(=O)[nH]c4c3)cc12. The molecule has 144 valence electrons. The van der Waals surface area contributed by atoms with E-state index >= 15 is 0 Å². The number of imidazole rings is 1. The summed E-state index contributed by atoms with van der Waals surface area (Å²) in [5.74, 6) is -0.222. The highest BCUT2D eigenvalue weighted by atomic mass is 35.5. The maximum Gasteiger partial charge on any atom is 0.323 e. The number of nitrogens with zero attached hydrogens (tertiary/aromatic N) is 2. The summed E-state index contributed by atoms with van der Waals surface area (Å²) in [6.45, 7) is 1.91. The molecule has 0 atom stereocenters. The van der Waals surface area contributed by atoms with Crippen molar-refractivity contribution in [3.05, 3.63) is 74.6 Å². The summed E-state index contributed by atoms with van der Waals surface area (Å²) in [5.41, 5.74) is 3.31. The average molecular weight is 424 g/mol. The van der Waals surface area contributed by atoms with Gasteiger partial charge in [0.25, 0.3) is 5.91 Å². The first-order valence-electron chi connectivity index (χ1n) is 8.76. The molecule has 0 radical (unpaired) electrons. The van der Waals surface area contributed by atoms with Crippen molar-refractivity contribution in [1.82, 2.24) is 19.7 Å². The van der Waals surface area contributed by atoms with E-state index < -0.39 is 0 Å². The van der Waals surface area contributed by atoms with Crippen molar-refractivity contribution in [2.24, 2.45) is 0 Å². The Kier molecular flexibility index (Phi) is 4.04. The second-order valence-corrected chi connectivity index (χ2v) is 8.07. The van der Waals surface area contributed by atoms with Crippen LogP contribution in [-0.4, -0.2) is 25.7 Å². The fourth-order valence-electron chi connectivity index (χ4n) is 3.24. The Balaban J connectivity index is 1.50. The zero-order chi connectivity index (χ0) is 20.1. The fraction of sp³-hybridized carbons (Fsp3) is 0.0500. The molecule has 3 aromatic heterocycles. The van der Waals surface area contributed by atoms with E-state index in [4.69, 9.17) is 11.6 Å². The van der Waals surface area contributed by atoms with Crippen LogP contribution in [0, 0.1) is 6.92 Å². The molecule has 5 aromatic rings. The van der Waals surface area contributed by atoms with E-state index in [9.17, 15) is 9.59 Å². The normalized spacial score (nSPS) is 11.4. The first-order chi connectivity index (χ1) is 14.0. The van der Waals surface area contributed by atoms with E-state index in [1.54, 1.807) is 28.9 Å². The van der Waals surface area contributed by atoms with E-state index in [0.717, 1.165) is 21.6 Å². The first-order valence-corrected chi connectivity index (χ1v) is 9.96. The number of aryl methyl sites for hydroxylation is 1. The quantitative estimate of drug-likeness (QED) is 0.399. The van der Waals surface area contributed by atoms with Gasteiger partial charge in [-0.1, -0.05) is 17.7 Å². The Morgan fingerprint density at radius 3 is 2.79 bits per heavy atom. The van der Waals surface area contributed by atoms with Crippen molar-refractivity contribution >= 4 is 55.8 Å². The number of fused-ring (bicyclic) bond motifs is 2. The van der Waals surface area contributed by atoms with Crippen LogP contribution in [0.1, 0.15) is 15.4 Å². The number of anilines is 1. The lowest BCUT2D eigenvalue weighted by atomic mass is 10.2. The first kappa shape index (κ1) is 17.7. The molecular weight excluding hydrogens is 410 g/mol. The van der Waals surface area contributed by atoms with Gasteiger partial charge in [0.15, 0.2) is 0 Å². The lowest BCUT2D eigenvalue weighted by Crippen LogP contribution is -2.10. The minimum atomic E-state index is -0.283. The third kappa shape index (κ3) is 3.12. The van der Waals surface area contributed by atoms with Gasteiger partial charge in [-0.3, -0.25) is 4.79 Å². The van der Waals surface area contributed by atoms with Gasteiger partial charge < -0.3 is 15.3 Å². The number of hydrogen-bond donors (Lipinski definition) is 3. The lowest BCUT2D eigenvalue weighted by molar-refractivity contribution is 0.103. The molecule has 0 unspecified atom stereocenters. The summed E-state index contributed by atoms with van der Waals surface area (Å²) in [5, 5.41) is 9.01. The molecule has 0 aliphatic carbocycles. The minimum Gasteiger partial charge on any atom is -0.321 e. The zero-order valence-electron chi connectivity index (χ0n) is 15.1. The number of H-pyrrole nitrogens is 2. The van der Waals surface area contributed by atoms with Crippen LogP contribution in [-0.2, 0) is 0 Å². The third-order valence-corrected chi connectivity index (χ3v) is 5.94. The highest BCUT2D eigenvalue weighted by molar-refractivity contribution is 7.20. The molecule has 0 fully saturated rings. The molecule has 0 aliphatic heterocycles. The number of amides is 1. The largest absolute Gasteiger partial charge is 0.323 e. The molecule has 0 saturated heterocycles. The molecule has 1 amide bonds. The molecule has 0 aliphatic rings. The molecule has 5 rings (SSSR count). The van der Waals surface area contributed by atoms with Crippen LogP contribution in [0.2, 0.25) is 5.02 Å². The van der Waals surface area contributed by atoms with E-state index in [1.807, 2.05) is 31.2 Å². The number of carbonyl (C=O) groups excluding carboxylic acids is 1. The predicted molar refractivity (Wildman–Crippen MR) is 116 cm³/mol. The van der Waals surface area contributed by atoms with Crippen LogP contribution in [0.25, 0.3) is 26.9 Å². The van der Waals surface area contributed by atoms with Crippen molar-refractivity contribution in [1.29, 1.82) is 0 Å². The maximum atomic E-state index is 12.8. The number of nitrogens with one attached hydrogen (secondary N) is 3. The van der Waals surface area contributed by atoms with Crippen LogP contribution in [0.15, 0.2) is 53.3 Å². The highest BCUT2D eigenvalue weighted by Gasteiger charge is 2.17. The Labute approximate surface area is 172 Å². The van der Waals surface area contributed by atoms with Gasteiger partial charge in [0, 0.05) is 16.1 Å². The summed E-state index contributed by atoms with van der Waals surface area (Å²) >= 11 is 7.48. The molecular formula is C20H14ClN5O2S. The lowest BCUT2D eigenvalue weighted by Gasteiger charge is -2.04. The Morgan fingerprint density at radius 2 is 1.97 bits per heavy atom. The van der Waals surface area contributed by atoms with Gasteiger partial charge in [-0.15, -0.1) is 11.3 Å². The number of carbonyl (C=O) groups is 1. The second-order valence-electron chi connectivity index (χ2n) is 6.60. The molecule has 3 N–H and O–H groups in total. The van der Waals surface area contributed by atoms with Crippen LogP contribution in [0.5, 0.6) is 0 Å². The molecule has 3 heterocycles. The number of aromatic amines is 2. The van der Waals surface area contributed by atoms with Gasteiger partial charge in [0.05, 0.1) is 27.3 Å². The Morgan fingerprint density at radius 1 is 1.14 bits per heavy atom. The number of aromatic nitrogens is 4. The number of halogens is 1. The molecule has 0 bridgehead atoms. The summed E-state index contributed by atoms with van der Waals surface area (Å²) < 4.78 is 1.80. The zero-order valence-corrected chi connectivity index (χ0v) is 16.7. The summed E-state index contributed by atoms with van der Waals surface area (Å²) in [7, 11) is 0. The van der Waals surface area contributed by atoms with Gasteiger partial charge in [0.2, 0.25) is 0 Å². The third-order valence-electron chi connectivity index (χ3n) is 4.60.